The summed E-state index contributed by atoms with van der Waals surface area (Å²) in [6.45, 7) is 10.2. The third-order valence-electron chi connectivity index (χ3n) is 2.50. The number of carbonyl (C=O) groups excluding carboxylic acids is 1. The third kappa shape index (κ3) is 6.56. The lowest BCUT2D eigenvalue weighted by Crippen LogP contribution is -2.32. The molecule has 1 rings (SSSR count). The van der Waals surface area contributed by atoms with Gasteiger partial charge in [-0.1, -0.05) is 0 Å². The van der Waals surface area contributed by atoms with Crippen molar-refractivity contribution in [1.82, 2.24) is 14.9 Å². The van der Waals surface area contributed by atoms with E-state index in [-0.39, 0.29) is 0 Å². The number of nitrogens with one attached hydrogen (secondary N) is 1. The topological polar surface area (TPSA) is 65.4 Å². The summed E-state index contributed by atoms with van der Waals surface area (Å²) in [5.41, 5.74) is 0.467. The van der Waals surface area contributed by atoms with Gasteiger partial charge in [0, 0.05) is 26.0 Å². The average molecular weight is 283 g/mol. The minimum absolute atomic E-state index is 0.406. The smallest absolute Gasteiger partial charge is 0.407 e. The van der Waals surface area contributed by atoms with Gasteiger partial charge in [0.25, 0.3) is 0 Å². The summed E-state index contributed by atoms with van der Waals surface area (Å²) in [4.78, 5) is 15.7. The molecule has 0 saturated heterocycles. The fraction of sp³-hybridized carbons (Fsp3) is 0.714. The van der Waals surface area contributed by atoms with Crippen LogP contribution in [0.3, 0.4) is 0 Å². The minimum Gasteiger partial charge on any atom is -0.444 e. The lowest BCUT2D eigenvalue weighted by Gasteiger charge is -2.19. The van der Waals surface area contributed by atoms with Gasteiger partial charge in [-0.2, -0.15) is 0 Å². The summed E-state index contributed by atoms with van der Waals surface area (Å²) in [6, 6.07) is 0. The maximum atomic E-state index is 11.6. The molecular formula is C14H25N3O3. The van der Waals surface area contributed by atoms with Gasteiger partial charge in [-0.15, -0.1) is 0 Å². The predicted molar refractivity (Wildman–Crippen MR) is 76.4 cm³/mol. The number of imidazole rings is 1. The van der Waals surface area contributed by atoms with Crippen molar-refractivity contribution in [3.05, 3.63) is 18.2 Å². The molecule has 6 nitrogen and oxygen atoms in total. The quantitative estimate of drug-likeness (QED) is 0.780. The number of hydrogen-bond acceptors (Lipinski definition) is 4. The van der Waals surface area contributed by atoms with E-state index >= 15 is 0 Å². The van der Waals surface area contributed by atoms with Gasteiger partial charge in [-0.3, -0.25) is 0 Å². The molecule has 0 atom stereocenters. The lowest BCUT2D eigenvalue weighted by molar-refractivity contribution is 0.0522. The van der Waals surface area contributed by atoms with Gasteiger partial charge in [0.1, 0.15) is 5.60 Å². The molecule has 20 heavy (non-hydrogen) atoms. The number of hydrogen-bond donors (Lipinski definition) is 1. The average Bonchev–Trinajstić information content (AvgIpc) is 2.77. The zero-order valence-electron chi connectivity index (χ0n) is 12.8. The zero-order valence-corrected chi connectivity index (χ0v) is 12.8. The van der Waals surface area contributed by atoms with Crippen LogP contribution >= 0.6 is 0 Å². The fourth-order valence-corrected chi connectivity index (χ4v) is 1.65. The molecule has 0 aliphatic rings. The second-order valence-corrected chi connectivity index (χ2v) is 5.48. The van der Waals surface area contributed by atoms with Crippen LogP contribution in [0.25, 0.3) is 0 Å². The molecule has 0 bridgehead atoms. The molecule has 0 aliphatic heterocycles. The number of aryl methyl sites for hydroxylation is 1. The van der Waals surface area contributed by atoms with Gasteiger partial charge in [-0.25, -0.2) is 9.78 Å². The van der Waals surface area contributed by atoms with Crippen molar-refractivity contribution in [3.63, 3.8) is 0 Å². The van der Waals surface area contributed by atoms with Crippen LogP contribution in [-0.4, -0.2) is 34.5 Å². The maximum Gasteiger partial charge on any atom is 0.407 e. The van der Waals surface area contributed by atoms with Gasteiger partial charge < -0.3 is 19.4 Å². The maximum absolute atomic E-state index is 11.6. The molecule has 0 aromatic carbocycles. The lowest BCUT2D eigenvalue weighted by atomic mass is 10.2. The second kappa shape index (κ2) is 7.89. The Morgan fingerprint density at radius 1 is 1.45 bits per heavy atom. The van der Waals surface area contributed by atoms with E-state index in [1.54, 1.807) is 12.5 Å². The van der Waals surface area contributed by atoms with Crippen molar-refractivity contribution in [3.8, 4) is 0 Å². The number of amides is 1. The number of nitrogens with zero attached hydrogens (tertiary/aromatic N) is 2. The number of alkyl carbamates (subject to hydrolysis) is 1. The first-order chi connectivity index (χ1) is 9.42. The monoisotopic (exact) mass is 283 g/mol. The summed E-state index contributed by atoms with van der Waals surface area (Å²) >= 11 is 0. The highest BCUT2D eigenvalue weighted by Gasteiger charge is 2.16. The zero-order chi connectivity index (χ0) is 15.0. The number of ether oxygens (including phenoxy) is 2. The Bertz CT molecular complexity index is 410. The molecule has 0 radical (unpaired) electrons. The van der Waals surface area contributed by atoms with Gasteiger partial charge in [0.05, 0.1) is 18.6 Å². The molecule has 6 heteroatoms. The molecule has 1 N–H and O–H groups in total. The van der Waals surface area contributed by atoms with Crippen molar-refractivity contribution in [1.29, 1.82) is 0 Å². The summed E-state index contributed by atoms with van der Waals surface area (Å²) in [6.07, 6.45) is 4.01. The fourth-order valence-electron chi connectivity index (χ4n) is 1.65. The van der Waals surface area contributed by atoms with Crippen molar-refractivity contribution in [2.24, 2.45) is 0 Å². The highest BCUT2D eigenvalue weighted by Crippen LogP contribution is 2.07. The highest BCUT2D eigenvalue weighted by atomic mass is 16.6. The first-order valence-corrected chi connectivity index (χ1v) is 6.96. The Hall–Kier alpha value is -1.56. The summed E-state index contributed by atoms with van der Waals surface area (Å²) in [5, 5.41) is 2.73. The number of carbonyl (C=O) groups is 1. The minimum atomic E-state index is -0.484. The van der Waals surface area contributed by atoms with E-state index in [0.717, 1.165) is 31.9 Å². The molecule has 0 saturated carbocycles. The van der Waals surface area contributed by atoms with E-state index in [1.807, 2.05) is 32.3 Å². The van der Waals surface area contributed by atoms with E-state index in [1.165, 1.54) is 0 Å². The second-order valence-electron chi connectivity index (χ2n) is 5.48. The number of aromatic nitrogens is 2. The molecule has 1 amide bonds. The van der Waals surface area contributed by atoms with Gasteiger partial charge >= 0.3 is 6.09 Å². The predicted octanol–water partition coefficient (Wildman–Crippen LogP) is 2.33. The van der Waals surface area contributed by atoms with Crippen molar-refractivity contribution in [2.75, 3.05) is 13.2 Å². The first kappa shape index (κ1) is 16.5. The van der Waals surface area contributed by atoms with Crippen molar-refractivity contribution in [2.45, 2.75) is 52.8 Å². The van der Waals surface area contributed by atoms with Crippen LogP contribution < -0.4 is 5.32 Å². The van der Waals surface area contributed by atoms with Gasteiger partial charge in [0.15, 0.2) is 0 Å². The number of rotatable bonds is 7. The van der Waals surface area contributed by atoms with E-state index in [9.17, 15) is 4.79 Å². The van der Waals surface area contributed by atoms with E-state index in [2.05, 4.69) is 10.3 Å². The molecule has 1 aromatic heterocycles. The van der Waals surface area contributed by atoms with Gasteiger partial charge in [-0.05, 0) is 34.1 Å². The Morgan fingerprint density at radius 2 is 2.20 bits per heavy atom. The summed E-state index contributed by atoms with van der Waals surface area (Å²) in [5.74, 6) is 0. The van der Waals surface area contributed by atoms with Crippen molar-refractivity contribution < 1.29 is 14.3 Å². The van der Waals surface area contributed by atoms with Crippen LogP contribution in [0.2, 0.25) is 0 Å². The molecular weight excluding hydrogens is 258 g/mol. The Balaban J connectivity index is 2.37. The Labute approximate surface area is 120 Å². The van der Waals surface area contributed by atoms with Crippen LogP contribution in [0.4, 0.5) is 4.79 Å². The summed E-state index contributed by atoms with van der Waals surface area (Å²) in [7, 11) is 0. The molecule has 0 aliphatic carbocycles. The highest BCUT2D eigenvalue weighted by molar-refractivity contribution is 5.67. The molecule has 0 fully saturated rings. The van der Waals surface area contributed by atoms with Crippen LogP contribution in [-0.2, 0) is 22.6 Å². The van der Waals surface area contributed by atoms with Crippen LogP contribution in [0, 0.1) is 0 Å². The standard InChI is InChI=1S/C14H25N3O3/c1-5-19-8-6-7-17-11-15-9-12(17)10-16-13(18)20-14(2,3)4/h9,11H,5-8,10H2,1-4H3,(H,16,18). The Kier molecular flexibility index (Phi) is 6.51. The van der Waals surface area contributed by atoms with Crippen molar-refractivity contribution >= 4 is 6.09 Å². The summed E-state index contributed by atoms with van der Waals surface area (Å²) < 4.78 is 12.5. The van der Waals surface area contributed by atoms with Crippen LogP contribution in [0.1, 0.15) is 39.8 Å². The van der Waals surface area contributed by atoms with E-state index in [4.69, 9.17) is 9.47 Å². The first-order valence-electron chi connectivity index (χ1n) is 6.96. The molecule has 114 valence electrons. The van der Waals surface area contributed by atoms with Crippen LogP contribution in [0.5, 0.6) is 0 Å². The van der Waals surface area contributed by atoms with Crippen LogP contribution in [0.15, 0.2) is 12.5 Å². The molecule has 0 unspecified atom stereocenters. The molecule has 1 heterocycles. The Morgan fingerprint density at radius 3 is 2.85 bits per heavy atom. The van der Waals surface area contributed by atoms with Gasteiger partial charge in [0.2, 0.25) is 0 Å². The molecule has 1 aromatic rings. The molecule has 0 spiro atoms. The van der Waals surface area contributed by atoms with E-state index < -0.39 is 11.7 Å². The van der Waals surface area contributed by atoms with E-state index in [0.29, 0.717) is 6.54 Å². The normalized spacial score (nSPS) is 11.4. The third-order valence-corrected chi connectivity index (χ3v) is 2.50. The SMILES string of the molecule is CCOCCCn1cncc1CNC(=O)OC(C)(C)C. The largest absolute Gasteiger partial charge is 0.444 e.